The molecule has 4 fully saturated rings. The minimum absolute atomic E-state index is 0.00409. The molecule has 6 nitrogen and oxygen atoms in total. The largest absolute Gasteiger partial charge is 0.481 e. The van der Waals surface area contributed by atoms with Crippen molar-refractivity contribution in [1.29, 1.82) is 0 Å². The zero-order valence-electron chi connectivity index (χ0n) is 26.9. The maximum Gasteiger partial charge on any atom is 0.309 e. The van der Waals surface area contributed by atoms with Crippen LogP contribution in [0, 0.1) is 57.2 Å². The van der Waals surface area contributed by atoms with Gasteiger partial charge in [-0.1, -0.05) is 46.8 Å². The number of rotatable bonds is 10. The van der Waals surface area contributed by atoms with Crippen LogP contribution in [0.4, 0.5) is 0 Å². The molecule has 0 aromatic rings. The SMILES string of the molecule is C=C(CC)C1CCC2(C(=O)O)CCC3(C)C(CCC4C(C)(CCCOC(C)=O)C(C(C)COC(C)=O)CCC43C)C12. The summed E-state index contributed by atoms with van der Waals surface area (Å²) in [7, 11) is 0. The number of carbonyl (C=O) groups is 3. The van der Waals surface area contributed by atoms with Crippen LogP contribution in [0.1, 0.15) is 119 Å². The molecule has 0 spiro atoms. The quantitative estimate of drug-likeness (QED) is 0.163. The fraction of sp³-hybridized carbons (Fsp3) is 0.857. The lowest BCUT2D eigenvalue weighted by molar-refractivity contribution is -0.227. The van der Waals surface area contributed by atoms with Crippen LogP contribution < -0.4 is 0 Å². The molecule has 0 aromatic carbocycles. The first-order chi connectivity index (χ1) is 19.2. The lowest BCUT2D eigenvalue weighted by atomic mass is 9.33. The van der Waals surface area contributed by atoms with Crippen LogP contribution in [0.3, 0.4) is 0 Å². The molecule has 4 rings (SSSR count). The predicted octanol–water partition coefficient (Wildman–Crippen LogP) is 7.84. The highest BCUT2D eigenvalue weighted by Crippen LogP contribution is 2.76. The topological polar surface area (TPSA) is 89.9 Å². The molecule has 0 aliphatic heterocycles. The zero-order valence-corrected chi connectivity index (χ0v) is 26.9. The molecule has 6 heteroatoms. The summed E-state index contributed by atoms with van der Waals surface area (Å²) in [5, 5.41) is 10.7. The molecule has 10 atom stereocenters. The maximum atomic E-state index is 13.0. The summed E-state index contributed by atoms with van der Waals surface area (Å²) in [5.41, 5.74) is 0.767. The Kier molecular flexibility index (Phi) is 9.13. The van der Waals surface area contributed by atoms with E-state index in [1.165, 1.54) is 19.4 Å². The second-order valence-electron chi connectivity index (χ2n) is 15.1. The number of hydrogen-bond acceptors (Lipinski definition) is 5. The number of fused-ring (bicyclic) bond motifs is 5. The van der Waals surface area contributed by atoms with Gasteiger partial charge in [-0.3, -0.25) is 14.4 Å². The minimum atomic E-state index is -0.612. The van der Waals surface area contributed by atoms with Crippen molar-refractivity contribution in [2.24, 2.45) is 57.2 Å². The fourth-order valence-electron chi connectivity index (χ4n) is 11.4. The van der Waals surface area contributed by atoms with Gasteiger partial charge in [0.25, 0.3) is 0 Å². The lowest BCUT2D eigenvalue weighted by Gasteiger charge is -2.71. The van der Waals surface area contributed by atoms with Gasteiger partial charge in [-0.15, -0.1) is 0 Å². The number of carbonyl (C=O) groups excluding carboxylic acids is 2. The van der Waals surface area contributed by atoms with E-state index in [4.69, 9.17) is 9.47 Å². The molecular weight excluding hydrogens is 516 g/mol. The van der Waals surface area contributed by atoms with E-state index in [1.54, 1.807) is 0 Å². The molecule has 4 aliphatic rings. The summed E-state index contributed by atoms with van der Waals surface area (Å²) in [4.78, 5) is 36.2. The number of carboxylic acids is 1. The molecule has 0 saturated heterocycles. The Morgan fingerprint density at radius 1 is 0.927 bits per heavy atom. The first kappa shape index (κ1) is 32.1. The minimum Gasteiger partial charge on any atom is -0.481 e. The summed E-state index contributed by atoms with van der Waals surface area (Å²) < 4.78 is 10.9. The van der Waals surface area contributed by atoms with E-state index in [0.29, 0.717) is 36.9 Å². The van der Waals surface area contributed by atoms with Gasteiger partial charge in [-0.2, -0.15) is 0 Å². The van der Waals surface area contributed by atoms with Gasteiger partial charge in [0.1, 0.15) is 0 Å². The molecule has 0 bridgehead atoms. The van der Waals surface area contributed by atoms with E-state index >= 15 is 0 Å². The third-order valence-electron chi connectivity index (χ3n) is 13.6. The number of hydrogen-bond donors (Lipinski definition) is 1. The molecule has 232 valence electrons. The Morgan fingerprint density at radius 3 is 2.22 bits per heavy atom. The van der Waals surface area contributed by atoms with Gasteiger partial charge in [-0.25, -0.2) is 0 Å². The molecular formula is C35H56O6. The second kappa shape index (κ2) is 11.7. The predicted molar refractivity (Wildman–Crippen MR) is 160 cm³/mol. The molecule has 0 aromatic heterocycles. The number of carboxylic acid groups (broad SMARTS) is 1. The first-order valence-corrected chi connectivity index (χ1v) is 16.4. The highest BCUT2D eigenvalue weighted by molar-refractivity contribution is 5.76. The molecule has 0 amide bonds. The summed E-state index contributed by atoms with van der Waals surface area (Å²) in [5.74, 6) is 0.913. The van der Waals surface area contributed by atoms with Crippen molar-refractivity contribution in [2.45, 2.75) is 119 Å². The van der Waals surface area contributed by atoms with Gasteiger partial charge in [0.2, 0.25) is 0 Å². The molecule has 0 heterocycles. The normalized spacial score (nSPS) is 42.3. The van der Waals surface area contributed by atoms with E-state index in [0.717, 1.165) is 70.6 Å². The third kappa shape index (κ3) is 5.18. The Bertz CT molecular complexity index is 1040. The van der Waals surface area contributed by atoms with Crippen LogP contribution in [0.25, 0.3) is 0 Å². The summed E-state index contributed by atoms with van der Waals surface area (Å²) in [6.45, 7) is 20.2. The monoisotopic (exact) mass is 572 g/mol. The van der Waals surface area contributed by atoms with Crippen molar-refractivity contribution in [3.05, 3.63) is 12.2 Å². The molecule has 1 N–H and O–H groups in total. The van der Waals surface area contributed by atoms with Gasteiger partial charge < -0.3 is 14.6 Å². The average Bonchev–Trinajstić information content (AvgIpc) is 3.31. The highest BCUT2D eigenvalue weighted by Gasteiger charge is 2.70. The Hall–Kier alpha value is -1.85. The Labute approximate surface area is 248 Å². The van der Waals surface area contributed by atoms with Crippen molar-refractivity contribution in [1.82, 2.24) is 0 Å². The summed E-state index contributed by atoms with van der Waals surface area (Å²) in [6.07, 6.45) is 10.5. The van der Waals surface area contributed by atoms with Crippen molar-refractivity contribution in [3.8, 4) is 0 Å². The second-order valence-corrected chi connectivity index (χ2v) is 15.1. The molecule has 41 heavy (non-hydrogen) atoms. The van der Waals surface area contributed by atoms with E-state index in [9.17, 15) is 19.5 Å². The van der Waals surface area contributed by atoms with Crippen LogP contribution in [-0.2, 0) is 23.9 Å². The lowest BCUT2D eigenvalue weighted by Crippen LogP contribution is -2.65. The van der Waals surface area contributed by atoms with E-state index in [1.807, 2.05) is 0 Å². The van der Waals surface area contributed by atoms with Crippen LogP contribution in [-0.4, -0.2) is 36.2 Å². The van der Waals surface area contributed by atoms with Crippen molar-refractivity contribution in [2.75, 3.05) is 13.2 Å². The molecule has 0 radical (unpaired) electrons. The first-order valence-electron chi connectivity index (χ1n) is 16.4. The maximum absolute atomic E-state index is 13.0. The molecule has 4 aliphatic carbocycles. The van der Waals surface area contributed by atoms with Gasteiger partial charge in [0.15, 0.2) is 0 Å². The average molecular weight is 573 g/mol. The number of esters is 2. The zero-order chi connectivity index (χ0) is 30.4. The van der Waals surface area contributed by atoms with Crippen LogP contribution in [0.15, 0.2) is 12.2 Å². The van der Waals surface area contributed by atoms with Gasteiger partial charge in [-0.05, 0) is 122 Å². The van der Waals surface area contributed by atoms with E-state index in [2.05, 4.69) is 41.2 Å². The van der Waals surface area contributed by atoms with E-state index < -0.39 is 11.4 Å². The standard InChI is InChI=1S/C35H56O6/c1-9-22(2)26-13-17-35(31(38)39)19-18-33(7)28(30(26)35)11-12-29-32(6,15-10-20-40-24(4)36)27(14-16-34(29,33)8)23(3)21-41-25(5)37/h23,26-30H,2,9-21H2,1,3-8H3,(H,38,39). The number of allylic oxidation sites excluding steroid dienone is 1. The van der Waals surface area contributed by atoms with Gasteiger partial charge >= 0.3 is 17.9 Å². The van der Waals surface area contributed by atoms with Gasteiger partial charge in [0.05, 0.1) is 18.6 Å². The smallest absolute Gasteiger partial charge is 0.309 e. The number of ether oxygens (including phenoxy) is 2. The van der Waals surface area contributed by atoms with Crippen molar-refractivity contribution >= 4 is 17.9 Å². The van der Waals surface area contributed by atoms with Crippen LogP contribution in [0.2, 0.25) is 0 Å². The summed E-state index contributed by atoms with van der Waals surface area (Å²) in [6, 6.07) is 0. The van der Waals surface area contributed by atoms with Gasteiger partial charge in [0, 0.05) is 13.8 Å². The van der Waals surface area contributed by atoms with Crippen LogP contribution in [0.5, 0.6) is 0 Å². The molecule has 4 saturated carbocycles. The van der Waals surface area contributed by atoms with Crippen molar-refractivity contribution in [3.63, 3.8) is 0 Å². The van der Waals surface area contributed by atoms with Crippen molar-refractivity contribution < 1.29 is 29.0 Å². The fourth-order valence-corrected chi connectivity index (χ4v) is 11.4. The number of aliphatic carboxylic acids is 1. The highest BCUT2D eigenvalue weighted by atomic mass is 16.5. The Morgan fingerprint density at radius 2 is 1.61 bits per heavy atom. The van der Waals surface area contributed by atoms with E-state index in [-0.39, 0.29) is 40.0 Å². The van der Waals surface area contributed by atoms with Crippen LogP contribution >= 0.6 is 0 Å². The third-order valence-corrected chi connectivity index (χ3v) is 13.6. The Balaban J connectivity index is 1.71. The molecule has 10 unspecified atom stereocenters. The summed E-state index contributed by atoms with van der Waals surface area (Å²) >= 11 is 0.